The van der Waals surface area contributed by atoms with Crippen LogP contribution in [0.3, 0.4) is 0 Å². The summed E-state index contributed by atoms with van der Waals surface area (Å²) in [4.78, 5) is 0. The van der Waals surface area contributed by atoms with E-state index >= 15 is 0 Å². The molecule has 1 rings (SSSR count). The van der Waals surface area contributed by atoms with Crippen LogP contribution in [0.2, 0.25) is 0 Å². The summed E-state index contributed by atoms with van der Waals surface area (Å²) in [6, 6.07) is 7.97. The highest BCUT2D eigenvalue weighted by atomic mass is 16.5. The lowest BCUT2D eigenvalue weighted by Gasteiger charge is -2.10. The molecule has 1 aromatic carbocycles. The van der Waals surface area contributed by atoms with Gasteiger partial charge in [-0.2, -0.15) is 0 Å². The minimum Gasteiger partial charge on any atom is -0.497 e. The first-order chi connectivity index (χ1) is 6.76. The molecule has 0 spiro atoms. The third-order valence-corrected chi connectivity index (χ3v) is 2.27. The standard InChI is InChI=1S/C12H18O2/c1-4-10(2)14-9-11-5-7-12(13-3)8-6-11/h5-8,10H,4,9H2,1-3H3/t10-/m0/s1. The summed E-state index contributed by atoms with van der Waals surface area (Å²) in [5, 5.41) is 0. The van der Waals surface area contributed by atoms with Crippen molar-refractivity contribution in [2.24, 2.45) is 0 Å². The predicted octanol–water partition coefficient (Wildman–Crippen LogP) is 3.01. The molecule has 0 heterocycles. The van der Waals surface area contributed by atoms with Crippen LogP contribution in [0.1, 0.15) is 25.8 Å². The highest BCUT2D eigenvalue weighted by molar-refractivity contribution is 5.26. The summed E-state index contributed by atoms with van der Waals surface area (Å²) in [5.41, 5.74) is 1.19. The molecule has 2 nitrogen and oxygen atoms in total. The van der Waals surface area contributed by atoms with Crippen molar-refractivity contribution in [3.05, 3.63) is 29.8 Å². The van der Waals surface area contributed by atoms with E-state index < -0.39 is 0 Å². The van der Waals surface area contributed by atoms with Gasteiger partial charge in [-0.25, -0.2) is 0 Å². The molecule has 0 bridgehead atoms. The Hall–Kier alpha value is -1.02. The topological polar surface area (TPSA) is 18.5 Å². The largest absolute Gasteiger partial charge is 0.497 e. The number of hydrogen-bond acceptors (Lipinski definition) is 2. The molecule has 0 fully saturated rings. The normalized spacial score (nSPS) is 12.5. The monoisotopic (exact) mass is 194 g/mol. The van der Waals surface area contributed by atoms with Crippen LogP contribution in [0.25, 0.3) is 0 Å². The number of ether oxygens (including phenoxy) is 2. The molecule has 0 saturated carbocycles. The van der Waals surface area contributed by atoms with Crippen molar-refractivity contribution in [2.75, 3.05) is 7.11 Å². The Morgan fingerprint density at radius 2 is 1.86 bits per heavy atom. The van der Waals surface area contributed by atoms with Crippen LogP contribution in [0.5, 0.6) is 5.75 Å². The summed E-state index contributed by atoms with van der Waals surface area (Å²) < 4.78 is 10.7. The van der Waals surface area contributed by atoms with Crippen molar-refractivity contribution in [1.82, 2.24) is 0 Å². The Bertz CT molecular complexity index is 254. The van der Waals surface area contributed by atoms with Crippen LogP contribution in [0.15, 0.2) is 24.3 Å². The van der Waals surface area contributed by atoms with Crippen LogP contribution in [-0.4, -0.2) is 13.2 Å². The molecule has 1 atom stereocenters. The molecule has 2 heteroatoms. The average Bonchev–Trinajstić information content (AvgIpc) is 2.26. The van der Waals surface area contributed by atoms with E-state index in [2.05, 4.69) is 13.8 Å². The average molecular weight is 194 g/mol. The molecule has 0 N–H and O–H groups in total. The highest BCUT2D eigenvalue weighted by Crippen LogP contribution is 2.12. The fraction of sp³-hybridized carbons (Fsp3) is 0.500. The molecule has 0 aliphatic heterocycles. The molecule has 1 aromatic rings. The van der Waals surface area contributed by atoms with E-state index in [4.69, 9.17) is 9.47 Å². The van der Waals surface area contributed by atoms with Gasteiger partial charge in [0.1, 0.15) is 5.75 Å². The zero-order valence-corrected chi connectivity index (χ0v) is 9.12. The van der Waals surface area contributed by atoms with E-state index in [0.717, 1.165) is 12.2 Å². The Morgan fingerprint density at radius 3 is 2.36 bits per heavy atom. The smallest absolute Gasteiger partial charge is 0.118 e. The Morgan fingerprint density at radius 1 is 1.21 bits per heavy atom. The van der Waals surface area contributed by atoms with Gasteiger partial charge in [-0.3, -0.25) is 0 Å². The first kappa shape index (κ1) is 11.1. The maximum atomic E-state index is 5.61. The Labute approximate surface area is 85.8 Å². The second-order valence-electron chi connectivity index (χ2n) is 3.38. The lowest BCUT2D eigenvalue weighted by Crippen LogP contribution is -2.05. The minimum atomic E-state index is 0.331. The number of methoxy groups -OCH3 is 1. The molecular formula is C12H18O2. The van der Waals surface area contributed by atoms with Gasteiger partial charge < -0.3 is 9.47 Å². The van der Waals surface area contributed by atoms with Gasteiger partial charge in [-0.15, -0.1) is 0 Å². The van der Waals surface area contributed by atoms with Crippen LogP contribution in [0.4, 0.5) is 0 Å². The zero-order chi connectivity index (χ0) is 10.4. The molecular weight excluding hydrogens is 176 g/mol. The fourth-order valence-corrected chi connectivity index (χ4v) is 1.08. The van der Waals surface area contributed by atoms with E-state index in [1.165, 1.54) is 5.56 Å². The van der Waals surface area contributed by atoms with Crippen molar-refractivity contribution in [2.45, 2.75) is 33.0 Å². The molecule has 0 saturated heterocycles. The summed E-state index contributed by atoms with van der Waals surface area (Å²) in [5.74, 6) is 0.886. The Balaban J connectivity index is 2.43. The lowest BCUT2D eigenvalue weighted by molar-refractivity contribution is 0.0508. The van der Waals surface area contributed by atoms with Gasteiger partial charge in [0.2, 0.25) is 0 Å². The summed E-state index contributed by atoms with van der Waals surface area (Å²) in [6.45, 7) is 4.89. The van der Waals surface area contributed by atoms with E-state index in [1.54, 1.807) is 7.11 Å². The van der Waals surface area contributed by atoms with Crippen molar-refractivity contribution < 1.29 is 9.47 Å². The van der Waals surface area contributed by atoms with Gasteiger partial charge in [-0.1, -0.05) is 19.1 Å². The first-order valence-corrected chi connectivity index (χ1v) is 5.00. The second-order valence-corrected chi connectivity index (χ2v) is 3.38. The molecule has 0 aliphatic rings. The second kappa shape index (κ2) is 5.66. The maximum Gasteiger partial charge on any atom is 0.118 e. The Kier molecular flexibility index (Phi) is 4.47. The highest BCUT2D eigenvalue weighted by Gasteiger charge is 1.99. The maximum absolute atomic E-state index is 5.61. The molecule has 0 aromatic heterocycles. The fourth-order valence-electron chi connectivity index (χ4n) is 1.08. The molecule has 0 radical (unpaired) electrons. The van der Waals surface area contributed by atoms with Crippen molar-refractivity contribution >= 4 is 0 Å². The number of rotatable bonds is 5. The molecule has 78 valence electrons. The van der Waals surface area contributed by atoms with Crippen molar-refractivity contribution in [1.29, 1.82) is 0 Å². The molecule has 0 unspecified atom stereocenters. The van der Waals surface area contributed by atoms with E-state index in [9.17, 15) is 0 Å². The molecule has 0 amide bonds. The zero-order valence-electron chi connectivity index (χ0n) is 9.12. The first-order valence-electron chi connectivity index (χ1n) is 5.00. The molecule has 0 aliphatic carbocycles. The third-order valence-electron chi connectivity index (χ3n) is 2.27. The summed E-state index contributed by atoms with van der Waals surface area (Å²) in [7, 11) is 1.67. The lowest BCUT2D eigenvalue weighted by atomic mass is 10.2. The van der Waals surface area contributed by atoms with Gasteiger partial charge in [0, 0.05) is 0 Å². The van der Waals surface area contributed by atoms with Gasteiger partial charge in [0.05, 0.1) is 19.8 Å². The summed E-state index contributed by atoms with van der Waals surface area (Å²) in [6.07, 6.45) is 1.38. The van der Waals surface area contributed by atoms with Crippen molar-refractivity contribution in [3.63, 3.8) is 0 Å². The van der Waals surface area contributed by atoms with E-state index in [-0.39, 0.29) is 0 Å². The van der Waals surface area contributed by atoms with Gasteiger partial charge in [0.25, 0.3) is 0 Å². The SMILES string of the molecule is CC[C@H](C)OCc1ccc(OC)cc1. The van der Waals surface area contributed by atoms with Crippen LogP contribution in [-0.2, 0) is 11.3 Å². The molecule has 14 heavy (non-hydrogen) atoms. The quantitative estimate of drug-likeness (QED) is 0.717. The number of hydrogen-bond donors (Lipinski definition) is 0. The van der Waals surface area contributed by atoms with Gasteiger partial charge >= 0.3 is 0 Å². The van der Waals surface area contributed by atoms with E-state index in [0.29, 0.717) is 12.7 Å². The van der Waals surface area contributed by atoms with Gasteiger partial charge in [0.15, 0.2) is 0 Å². The van der Waals surface area contributed by atoms with Crippen LogP contribution < -0.4 is 4.74 Å². The third kappa shape index (κ3) is 3.38. The predicted molar refractivity (Wildman–Crippen MR) is 57.5 cm³/mol. The minimum absolute atomic E-state index is 0.331. The summed E-state index contributed by atoms with van der Waals surface area (Å²) >= 11 is 0. The van der Waals surface area contributed by atoms with Crippen molar-refractivity contribution in [3.8, 4) is 5.75 Å². The van der Waals surface area contributed by atoms with Crippen LogP contribution >= 0.6 is 0 Å². The van der Waals surface area contributed by atoms with Crippen LogP contribution in [0, 0.1) is 0 Å². The van der Waals surface area contributed by atoms with Gasteiger partial charge in [-0.05, 0) is 31.0 Å². The number of benzene rings is 1. The van der Waals surface area contributed by atoms with E-state index in [1.807, 2.05) is 24.3 Å².